The Kier molecular flexibility index (Phi) is 4.90. The van der Waals surface area contributed by atoms with Crippen molar-refractivity contribution >= 4 is 5.91 Å². The molecule has 1 aromatic heterocycles. The van der Waals surface area contributed by atoms with E-state index in [0.29, 0.717) is 31.6 Å². The predicted molar refractivity (Wildman–Crippen MR) is 79.4 cm³/mol. The van der Waals surface area contributed by atoms with E-state index in [1.54, 1.807) is 6.20 Å². The van der Waals surface area contributed by atoms with Crippen molar-refractivity contribution < 1.29 is 19.4 Å². The number of aliphatic hydroxyl groups excluding tert-OH is 1. The van der Waals surface area contributed by atoms with E-state index in [9.17, 15) is 4.79 Å². The Balaban J connectivity index is 1.56. The van der Waals surface area contributed by atoms with Crippen LogP contribution in [-0.4, -0.2) is 59.4 Å². The molecule has 6 heteroatoms. The lowest BCUT2D eigenvalue weighted by atomic mass is 10.1. The standard InChI is InChI=1S/C16H22N2O4/c19-7-4-16(20)18-6-8-21-14-10-12(9-13(14)18)11-22-15-3-1-2-5-17-15/h1-3,5,12-14,19H,4,6-11H2/t12-,13+,14-/m1/s1. The molecule has 22 heavy (non-hydrogen) atoms. The van der Waals surface area contributed by atoms with E-state index in [2.05, 4.69) is 4.98 Å². The van der Waals surface area contributed by atoms with Crippen LogP contribution in [0.5, 0.6) is 5.88 Å². The molecule has 2 fully saturated rings. The number of pyridine rings is 1. The largest absolute Gasteiger partial charge is 0.477 e. The van der Waals surface area contributed by atoms with E-state index in [0.717, 1.165) is 12.8 Å². The molecule has 1 amide bonds. The van der Waals surface area contributed by atoms with Crippen molar-refractivity contribution in [1.82, 2.24) is 9.88 Å². The van der Waals surface area contributed by atoms with Gasteiger partial charge in [0.05, 0.1) is 32.0 Å². The van der Waals surface area contributed by atoms with Gasteiger partial charge in [-0.1, -0.05) is 6.07 Å². The Morgan fingerprint density at radius 3 is 3.14 bits per heavy atom. The molecule has 1 saturated heterocycles. The van der Waals surface area contributed by atoms with Crippen LogP contribution in [0.15, 0.2) is 24.4 Å². The summed E-state index contributed by atoms with van der Waals surface area (Å²) in [5.41, 5.74) is 0. The highest BCUT2D eigenvalue weighted by Gasteiger charge is 2.42. The van der Waals surface area contributed by atoms with E-state index in [-0.39, 0.29) is 31.1 Å². The maximum absolute atomic E-state index is 12.1. The molecular weight excluding hydrogens is 284 g/mol. The van der Waals surface area contributed by atoms with Gasteiger partial charge in [-0.2, -0.15) is 0 Å². The van der Waals surface area contributed by atoms with Crippen molar-refractivity contribution in [3.05, 3.63) is 24.4 Å². The third kappa shape index (κ3) is 3.39. The van der Waals surface area contributed by atoms with Crippen LogP contribution in [0.4, 0.5) is 0 Å². The number of fused-ring (bicyclic) bond motifs is 1. The van der Waals surface area contributed by atoms with Crippen LogP contribution in [0.3, 0.4) is 0 Å². The van der Waals surface area contributed by atoms with Gasteiger partial charge in [-0.05, 0) is 24.8 Å². The topological polar surface area (TPSA) is 71.9 Å². The monoisotopic (exact) mass is 306 g/mol. The molecule has 1 N–H and O–H groups in total. The number of hydrogen-bond acceptors (Lipinski definition) is 5. The van der Waals surface area contributed by atoms with Gasteiger partial charge in [-0.3, -0.25) is 4.79 Å². The predicted octanol–water partition coefficient (Wildman–Crippen LogP) is 0.849. The number of aliphatic hydroxyl groups is 1. The second kappa shape index (κ2) is 7.07. The molecule has 0 unspecified atom stereocenters. The summed E-state index contributed by atoms with van der Waals surface area (Å²) in [6.45, 7) is 1.69. The Bertz CT molecular complexity index is 496. The molecule has 3 atom stereocenters. The van der Waals surface area contributed by atoms with Gasteiger partial charge in [0.1, 0.15) is 0 Å². The van der Waals surface area contributed by atoms with Crippen molar-refractivity contribution in [2.45, 2.75) is 31.4 Å². The highest BCUT2D eigenvalue weighted by atomic mass is 16.5. The zero-order valence-corrected chi connectivity index (χ0v) is 12.6. The lowest BCUT2D eigenvalue weighted by Crippen LogP contribution is -2.51. The Labute approximate surface area is 130 Å². The summed E-state index contributed by atoms with van der Waals surface area (Å²) < 4.78 is 11.5. The second-order valence-electron chi connectivity index (χ2n) is 5.85. The maximum atomic E-state index is 12.1. The van der Waals surface area contributed by atoms with Gasteiger partial charge in [0, 0.05) is 25.2 Å². The fraction of sp³-hybridized carbons (Fsp3) is 0.625. The molecule has 0 bridgehead atoms. The van der Waals surface area contributed by atoms with Crippen molar-refractivity contribution in [3.8, 4) is 5.88 Å². The number of carbonyl (C=O) groups is 1. The molecule has 0 spiro atoms. The van der Waals surface area contributed by atoms with Crippen LogP contribution in [0, 0.1) is 5.92 Å². The summed E-state index contributed by atoms with van der Waals surface area (Å²) in [6.07, 6.45) is 3.78. The van der Waals surface area contributed by atoms with E-state index in [1.165, 1.54) is 0 Å². The maximum Gasteiger partial charge on any atom is 0.225 e. The number of rotatable bonds is 5. The van der Waals surface area contributed by atoms with Gasteiger partial charge in [0.15, 0.2) is 0 Å². The number of ether oxygens (including phenoxy) is 2. The van der Waals surface area contributed by atoms with Crippen molar-refractivity contribution in [1.29, 1.82) is 0 Å². The Morgan fingerprint density at radius 1 is 1.45 bits per heavy atom. The molecule has 0 aromatic carbocycles. The van der Waals surface area contributed by atoms with E-state index in [4.69, 9.17) is 14.6 Å². The number of morpholine rings is 1. The van der Waals surface area contributed by atoms with Crippen molar-refractivity contribution in [3.63, 3.8) is 0 Å². The lowest BCUT2D eigenvalue weighted by Gasteiger charge is -2.37. The lowest BCUT2D eigenvalue weighted by molar-refractivity contribution is -0.144. The van der Waals surface area contributed by atoms with Crippen LogP contribution < -0.4 is 4.74 Å². The van der Waals surface area contributed by atoms with Crippen molar-refractivity contribution in [2.24, 2.45) is 5.92 Å². The number of nitrogens with zero attached hydrogens (tertiary/aromatic N) is 2. The number of amides is 1. The summed E-state index contributed by atoms with van der Waals surface area (Å²) in [5, 5.41) is 8.96. The van der Waals surface area contributed by atoms with Crippen LogP contribution in [0.1, 0.15) is 19.3 Å². The molecule has 2 aliphatic rings. The normalized spacial score (nSPS) is 27.5. The molecule has 1 aliphatic heterocycles. The van der Waals surface area contributed by atoms with E-state index >= 15 is 0 Å². The average molecular weight is 306 g/mol. The first-order valence-corrected chi connectivity index (χ1v) is 7.83. The van der Waals surface area contributed by atoms with Gasteiger partial charge in [0.25, 0.3) is 0 Å². The minimum atomic E-state index is -0.0974. The van der Waals surface area contributed by atoms with Gasteiger partial charge >= 0.3 is 0 Å². The second-order valence-corrected chi connectivity index (χ2v) is 5.85. The first-order chi connectivity index (χ1) is 10.8. The number of carbonyl (C=O) groups excluding carboxylic acids is 1. The molecule has 0 radical (unpaired) electrons. The summed E-state index contributed by atoms with van der Waals surface area (Å²) in [7, 11) is 0. The Morgan fingerprint density at radius 2 is 2.36 bits per heavy atom. The zero-order valence-electron chi connectivity index (χ0n) is 12.6. The van der Waals surface area contributed by atoms with E-state index in [1.807, 2.05) is 23.1 Å². The molecule has 3 rings (SSSR count). The van der Waals surface area contributed by atoms with Crippen LogP contribution >= 0.6 is 0 Å². The first kappa shape index (κ1) is 15.2. The molecule has 2 heterocycles. The van der Waals surface area contributed by atoms with Crippen LogP contribution in [0.2, 0.25) is 0 Å². The quantitative estimate of drug-likeness (QED) is 0.873. The minimum Gasteiger partial charge on any atom is -0.477 e. The molecule has 120 valence electrons. The van der Waals surface area contributed by atoms with Crippen LogP contribution in [-0.2, 0) is 9.53 Å². The van der Waals surface area contributed by atoms with Gasteiger partial charge in [0.2, 0.25) is 11.8 Å². The number of hydrogen-bond donors (Lipinski definition) is 1. The van der Waals surface area contributed by atoms with Crippen molar-refractivity contribution in [2.75, 3.05) is 26.4 Å². The third-order valence-electron chi connectivity index (χ3n) is 4.38. The molecule has 6 nitrogen and oxygen atoms in total. The highest BCUT2D eigenvalue weighted by Crippen LogP contribution is 2.34. The average Bonchev–Trinajstić information content (AvgIpc) is 2.97. The van der Waals surface area contributed by atoms with Gasteiger partial charge in [-0.25, -0.2) is 4.98 Å². The third-order valence-corrected chi connectivity index (χ3v) is 4.38. The summed E-state index contributed by atoms with van der Waals surface area (Å²) in [6, 6.07) is 5.71. The first-order valence-electron chi connectivity index (χ1n) is 7.83. The smallest absolute Gasteiger partial charge is 0.225 e. The SMILES string of the molecule is O=C(CCO)N1CCO[C@@H]2C[C@H](COc3ccccn3)C[C@@H]21. The van der Waals surface area contributed by atoms with Crippen LogP contribution in [0.25, 0.3) is 0 Å². The van der Waals surface area contributed by atoms with E-state index < -0.39 is 0 Å². The highest BCUT2D eigenvalue weighted by molar-refractivity contribution is 5.76. The minimum absolute atomic E-state index is 0.0205. The van der Waals surface area contributed by atoms with Gasteiger partial charge < -0.3 is 19.5 Å². The Hall–Kier alpha value is -1.66. The molecular formula is C16H22N2O4. The molecule has 1 saturated carbocycles. The molecule has 1 aliphatic carbocycles. The fourth-order valence-electron chi connectivity index (χ4n) is 3.37. The summed E-state index contributed by atoms with van der Waals surface area (Å²) >= 11 is 0. The molecule has 1 aromatic rings. The fourth-order valence-corrected chi connectivity index (χ4v) is 3.37. The summed E-state index contributed by atoms with van der Waals surface area (Å²) in [4.78, 5) is 18.1. The zero-order chi connectivity index (χ0) is 15.4. The summed E-state index contributed by atoms with van der Waals surface area (Å²) in [5.74, 6) is 1.01. The number of aromatic nitrogens is 1. The van der Waals surface area contributed by atoms with Gasteiger partial charge in [-0.15, -0.1) is 0 Å².